The number of aliphatic hydroxyl groups excluding tert-OH is 1. The summed E-state index contributed by atoms with van der Waals surface area (Å²) in [6, 6.07) is 6.88. The second-order valence-electron chi connectivity index (χ2n) is 4.90. The number of imide groups is 1. The topological polar surface area (TPSA) is 57.6 Å². The van der Waals surface area contributed by atoms with Crippen LogP contribution in [-0.4, -0.2) is 40.7 Å². The van der Waals surface area contributed by atoms with Crippen molar-refractivity contribution >= 4 is 40.8 Å². The van der Waals surface area contributed by atoms with Crippen LogP contribution in [-0.2, 0) is 9.59 Å². The van der Waals surface area contributed by atoms with E-state index in [-0.39, 0.29) is 18.4 Å². The second kappa shape index (κ2) is 7.81. The summed E-state index contributed by atoms with van der Waals surface area (Å²) in [7, 11) is 0. The average molecular weight is 340 g/mol. The Labute approximate surface area is 139 Å². The molecule has 22 heavy (non-hydrogen) atoms. The van der Waals surface area contributed by atoms with Crippen LogP contribution < -0.4 is 0 Å². The number of aliphatic hydroxyl groups is 1. The van der Waals surface area contributed by atoms with Crippen LogP contribution in [0, 0.1) is 0 Å². The predicted octanol–water partition coefficient (Wildman–Crippen LogP) is 2.95. The molecule has 0 atom stereocenters. The van der Waals surface area contributed by atoms with Crippen molar-refractivity contribution in [2.24, 2.45) is 0 Å². The highest BCUT2D eigenvalue weighted by molar-refractivity contribution is 8.04. The number of thioether (sulfide) groups is 1. The van der Waals surface area contributed by atoms with Gasteiger partial charge in [0.05, 0.1) is 17.1 Å². The lowest BCUT2D eigenvalue weighted by molar-refractivity contribution is -0.136. The van der Waals surface area contributed by atoms with Gasteiger partial charge in [-0.1, -0.05) is 37.1 Å². The molecule has 0 fully saturated rings. The van der Waals surface area contributed by atoms with Crippen molar-refractivity contribution < 1.29 is 14.7 Å². The van der Waals surface area contributed by atoms with Gasteiger partial charge in [-0.2, -0.15) is 0 Å². The van der Waals surface area contributed by atoms with E-state index in [0.717, 1.165) is 12.8 Å². The molecule has 1 aliphatic rings. The van der Waals surface area contributed by atoms with Crippen LogP contribution in [0.4, 0.5) is 0 Å². The van der Waals surface area contributed by atoms with E-state index in [1.165, 1.54) is 16.7 Å². The largest absolute Gasteiger partial charge is 0.396 e. The first-order valence-corrected chi connectivity index (χ1v) is 8.56. The third kappa shape index (κ3) is 3.54. The van der Waals surface area contributed by atoms with Gasteiger partial charge in [0, 0.05) is 17.3 Å². The molecule has 2 rings (SSSR count). The number of nitrogens with zero attached hydrogens (tertiary/aromatic N) is 1. The van der Waals surface area contributed by atoms with Crippen molar-refractivity contribution in [1.82, 2.24) is 4.90 Å². The van der Waals surface area contributed by atoms with Crippen molar-refractivity contribution in [2.45, 2.75) is 19.8 Å². The van der Waals surface area contributed by atoms with Gasteiger partial charge in [-0.15, -0.1) is 11.8 Å². The van der Waals surface area contributed by atoms with Crippen molar-refractivity contribution in [3.8, 4) is 0 Å². The van der Waals surface area contributed by atoms with Crippen molar-refractivity contribution in [3.63, 3.8) is 0 Å². The highest BCUT2D eigenvalue weighted by Crippen LogP contribution is 2.36. The summed E-state index contributed by atoms with van der Waals surface area (Å²) >= 11 is 7.11. The third-order valence-corrected chi connectivity index (χ3v) is 4.64. The van der Waals surface area contributed by atoms with Gasteiger partial charge < -0.3 is 5.11 Å². The molecule has 0 aliphatic carbocycles. The van der Waals surface area contributed by atoms with Crippen molar-refractivity contribution in [2.75, 3.05) is 18.9 Å². The molecule has 0 spiro atoms. The summed E-state index contributed by atoms with van der Waals surface area (Å²) in [5, 5.41) is 9.59. The van der Waals surface area contributed by atoms with Gasteiger partial charge in [-0.25, -0.2) is 0 Å². The molecule has 118 valence electrons. The summed E-state index contributed by atoms with van der Waals surface area (Å²) in [5.41, 5.74) is 1.10. The number of hydrogen-bond donors (Lipinski definition) is 1. The van der Waals surface area contributed by atoms with Gasteiger partial charge in [0.1, 0.15) is 0 Å². The Morgan fingerprint density at radius 3 is 2.45 bits per heavy atom. The average Bonchev–Trinajstić information content (AvgIpc) is 2.75. The zero-order valence-corrected chi connectivity index (χ0v) is 13.9. The summed E-state index contributed by atoms with van der Waals surface area (Å²) in [6.45, 7) is 2.40. The number of carbonyl (C=O) groups excluding carboxylic acids is 2. The van der Waals surface area contributed by atoms with Crippen LogP contribution in [0.25, 0.3) is 5.57 Å². The number of benzene rings is 1. The zero-order valence-electron chi connectivity index (χ0n) is 12.3. The Bertz CT molecular complexity index is 598. The van der Waals surface area contributed by atoms with Crippen LogP contribution in [0.5, 0.6) is 0 Å². The minimum atomic E-state index is -0.263. The second-order valence-corrected chi connectivity index (χ2v) is 6.44. The van der Waals surface area contributed by atoms with Gasteiger partial charge in [-0.05, 0) is 24.1 Å². The van der Waals surface area contributed by atoms with Gasteiger partial charge in [0.2, 0.25) is 0 Å². The molecule has 1 aromatic carbocycles. The highest BCUT2D eigenvalue weighted by Gasteiger charge is 2.38. The third-order valence-electron chi connectivity index (χ3n) is 3.33. The Balaban J connectivity index is 2.38. The molecule has 4 nitrogen and oxygen atoms in total. The Morgan fingerprint density at radius 1 is 1.18 bits per heavy atom. The van der Waals surface area contributed by atoms with Crippen LogP contribution in [0.1, 0.15) is 25.3 Å². The highest BCUT2D eigenvalue weighted by atomic mass is 35.5. The Kier molecular flexibility index (Phi) is 6.06. The summed E-state index contributed by atoms with van der Waals surface area (Å²) < 4.78 is 0. The van der Waals surface area contributed by atoms with E-state index >= 15 is 0 Å². The number of halogens is 1. The summed E-state index contributed by atoms with van der Waals surface area (Å²) in [6.07, 6.45) is 1.69. The zero-order chi connectivity index (χ0) is 16.1. The molecule has 0 bridgehead atoms. The molecular formula is C16H18ClNO3S. The number of unbranched alkanes of at least 4 members (excludes halogenated alkanes) is 1. The van der Waals surface area contributed by atoms with E-state index in [1.54, 1.807) is 24.3 Å². The van der Waals surface area contributed by atoms with Crippen molar-refractivity contribution in [3.05, 3.63) is 39.8 Å². The van der Waals surface area contributed by atoms with E-state index in [4.69, 9.17) is 16.7 Å². The molecule has 1 heterocycles. The fourth-order valence-electron chi connectivity index (χ4n) is 2.23. The van der Waals surface area contributed by atoms with Gasteiger partial charge in [0.25, 0.3) is 11.8 Å². The first-order chi connectivity index (χ1) is 10.6. The van der Waals surface area contributed by atoms with Gasteiger partial charge in [0.15, 0.2) is 0 Å². The Morgan fingerprint density at radius 2 is 1.86 bits per heavy atom. The van der Waals surface area contributed by atoms with Crippen molar-refractivity contribution in [1.29, 1.82) is 0 Å². The smallest absolute Gasteiger partial charge is 0.267 e. The van der Waals surface area contributed by atoms with E-state index in [9.17, 15) is 9.59 Å². The summed E-state index contributed by atoms with van der Waals surface area (Å²) in [4.78, 5) is 26.8. The fraction of sp³-hybridized carbons (Fsp3) is 0.375. The molecule has 1 N–H and O–H groups in total. The van der Waals surface area contributed by atoms with E-state index in [2.05, 4.69) is 0 Å². The first-order valence-electron chi connectivity index (χ1n) is 7.20. The molecule has 0 unspecified atom stereocenters. The lowest BCUT2D eigenvalue weighted by Gasteiger charge is -2.14. The van der Waals surface area contributed by atoms with E-state index < -0.39 is 0 Å². The van der Waals surface area contributed by atoms with Gasteiger partial charge >= 0.3 is 0 Å². The SMILES string of the molecule is CCCCN1C(=O)C(SCCO)=C(c2ccc(Cl)cc2)C1=O. The molecule has 0 aromatic heterocycles. The number of carbonyl (C=O) groups is 2. The number of hydrogen-bond acceptors (Lipinski definition) is 4. The first kappa shape index (κ1) is 17.1. The number of rotatable bonds is 7. The monoisotopic (exact) mass is 339 g/mol. The predicted molar refractivity (Wildman–Crippen MR) is 89.5 cm³/mol. The molecule has 6 heteroatoms. The van der Waals surface area contributed by atoms with E-state index in [0.29, 0.717) is 33.4 Å². The van der Waals surface area contributed by atoms with E-state index in [1.807, 2.05) is 6.92 Å². The van der Waals surface area contributed by atoms with Crippen LogP contribution in [0.2, 0.25) is 5.02 Å². The lowest BCUT2D eigenvalue weighted by atomic mass is 10.1. The maximum atomic E-state index is 12.6. The minimum Gasteiger partial charge on any atom is -0.396 e. The lowest BCUT2D eigenvalue weighted by Crippen LogP contribution is -2.32. The maximum Gasteiger partial charge on any atom is 0.267 e. The minimum absolute atomic E-state index is 0.0432. The maximum absolute atomic E-state index is 12.6. The standard InChI is InChI=1S/C16H18ClNO3S/c1-2-3-8-18-15(20)13(11-4-6-12(17)7-5-11)14(16(18)21)22-10-9-19/h4-7,19H,2-3,8-10H2,1H3. The van der Waals surface area contributed by atoms with Gasteiger partial charge in [-0.3, -0.25) is 14.5 Å². The fourth-order valence-corrected chi connectivity index (χ4v) is 3.23. The number of amides is 2. The molecule has 2 amide bonds. The quantitative estimate of drug-likeness (QED) is 0.776. The summed E-state index contributed by atoms with van der Waals surface area (Å²) in [5.74, 6) is -0.143. The molecule has 0 saturated carbocycles. The van der Waals surface area contributed by atoms with Crippen LogP contribution >= 0.6 is 23.4 Å². The Hall–Kier alpha value is -1.30. The molecule has 1 aromatic rings. The van der Waals surface area contributed by atoms with Crippen LogP contribution in [0.3, 0.4) is 0 Å². The molecule has 1 aliphatic heterocycles. The molecule has 0 radical (unpaired) electrons. The molecular weight excluding hydrogens is 322 g/mol. The normalized spacial score (nSPS) is 15.1. The van der Waals surface area contributed by atoms with Crippen LogP contribution in [0.15, 0.2) is 29.2 Å². The molecule has 0 saturated heterocycles.